The van der Waals surface area contributed by atoms with Crippen molar-refractivity contribution in [1.82, 2.24) is 10.2 Å². The van der Waals surface area contributed by atoms with Gasteiger partial charge in [-0.1, -0.05) is 13.8 Å². The van der Waals surface area contributed by atoms with Crippen molar-refractivity contribution in [2.75, 3.05) is 19.6 Å². The van der Waals surface area contributed by atoms with Gasteiger partial charge in [0.05, 0.1) is 0 Å². The number of carbonyl (C=O) groups is 1. The van der Waals surface area contributed by atoms with E-state index in [9.17, 15) is 4.79 Å². The highest BCUT2D eigenvalue weighted by Crippen LogP contribution is 2.36. The number of carbonyl (C=O) groups excluding carboxylic acids is 1. The van der Waals surface area contributed by atoms with Gasteiger partial charge in [0.1, 0.15) is 12.2 Å². The molecule has 4 aliphatic heterocycles. The first-order valence-corrected chi connectivity index (χ1v) is 9.68. The van der Waals surface area contributed by atoms with Crippen LogP contribution in [-0.4, -0.2) is 48.7 Å². The van der Waals surface area contributed by atoms with Gasteiger partial charge in [-0.15, -0.1) is 0 Å². The van der Waals surface area contributed by atoms with Gasteiger partial charge >= 0.3 is 0 Å². The number of nitrogens with one attached hydrogen (secondary N) is 1. The number of fused-ring (bicyclic) bond motifs is 4. The molecule has 5 heteroatoms. The first-order valence-electron chi connectivity index (χ1n) is 9.68. The first-order chi connectivity index (χ1) is 12.2. The molecule has 0 saturated carbocycles. The highest BCUT2D eigenvalue weighted by atomic mass is 16.6. The maximum atomic E-state index is 12.7. The molecule has 3 atom stereocenters. The largest absolute Gasteiger partial charge is 0.483 e. The van der Waals surface area contributed by atoms with Crippen molar-refractivity contribution in [3.8, 4) is 11.5 Å². The van der Waals surface area contributed by atoms with E-state index >= 15 is 0 Å². The molecule has 2 bridgehead atoms. The van der Waals surface area contributed by atoms with Gasteiger partial charge in [0.25, 0.3) is 5.91 Å². The van der Waals surface area contributed by atoms with Crippen LogP contribution in [0.25, 0.3) is 0 Å². The third-order valence-corrected chi connectivity index (χ3v) is 5.95. The van der Waals surface area contributed by atoms with E-state index in [2.05, 4.69) is 24.1 Å². The average molecular weight is 344 g/mol. The van der Waals surface area contributed by atoms with Gasteiger partial charge in [0.15, 0.2) is 11.5 Å². The van der Waals surface area contributed by atoms with Crippen molar-refractivity contribution in [2.24, 2.45) is 5.92 Å². The summed E-state index contributed by atoms with van der Waals surface area (Å²) in [7, 11) is 0. The van der Waals surface area contributed by atoms with E-state index in [1.807, 2.05) is 18.2 Å². The molecule has 5 rings (SSSR count). The van der Waals surface area contributed by atoms with Crippen molar-refractivity contribution in [3.05, 3.63) is 23.8 Å². The van der Waals surface area contributed by atoms with Crippen molar-refractivity contribution in [1.29, 1.82) is 0 Å². The fraction of sp³-hybridized carbons (Fsp3) is 0.650. The molecule has 0 radical (unpaired) electrons. The quantitative estimate of drug-likeness (QED) is 0.912. The molecule has 0 aliphatic carbocycles. The molecule has 1 N–H and O–H groups in total. The van der Waals surface area contributed by atoms with E-state index < -0.39 is 0 Å². The lowest BCUT2D eigenvalue weighted by molar-refractivity contribution is 0.0168. The summed E-state index contributed by atoms with van der Waals surface area (Å²) in [5.41, 5.74) is 0.656. The zero-order chi connectivity index (χ0) is 17.4. The Morgan fingerprint density at radius 3 is 2.40 bits per heavy atom. The minimum Gasteiger partial charge on any atom is -0.483 e. The second-order valence-electron chi connectivity index (χ2n) is 7.51. The summed E-state index contributed by atoms with van der Waals surface area (Å²) in [6.07, 6.45) is 4.35. The van der Waals surface area contributed by atoms with E-state index in [-0.39, 0.29) is 24.2 Å². The fourth-order valence-electron chi connectivity index (χ4n) is 4.39. The van der Waals surface area contributed by atoms with Crippen LogP contribution in [0.2, 0.25) is 0 Å². The Balaban J connectivity index is 1.47. The lowest BCUT2D eigenvalue weighted by atomic mass is 9.84. The molecular weight excluding hydrogens is 316 g/mol. The molecule has 1 amide bonds. The highest BCUT2D eigenvalue weighted by molar-refractivity contribution is 5.95. The SMILES string of the molecule is CC[C@@H]1Oc2ccc(C(=O)N[C@H]3CN4CCC3CC4)cc2O[C@H]1CC. The summed E-state index contributed by atoms with van der Waals surface area (Å²) in [5, 5.41) is 3.24. The van der Waals surface area contributed by atoms with Gasteiger partial charge < -0.3 is 19.7 Å². The van der Waals surface area contributed by atoms with Gasteiger partial charge in [-0.3, -0.25) is 4.79 Å². The number of amides is 1. The molecule has 5 nitrogen and oxygen atoms in total. The number of benzene rings is 1. The average Bonchev–Trinajstić information content (AvgIpc) is 2.67. The molecule has 136 valence electrons. The Morgan fingerprint density at radius 2 is 1.80 bits per heavy atom. The Labute approximate surface area is 149 Å². The number of hydrogen-bond donors (Lipinski definition) is 1. The van der Waals surface area contributed by atoms with E-state index in [1.54, 1.807) is 0 Å². The summed E-state index contributed by atoms with van der Waals surface area (Å²) in [6, 6.07) is 5.82. The van der Waals surface area contributed by atoms with Crippen LogP contribution in [0.15, 0.2) is 18.2 Å². The summed E-state index contributed by atoms with van der Waals surface area (Å²) in [4.78, 5) is 15.2. The smallest absolute Gasteiger partial charge is 0.251 e. The van der Waals surface area contributed by atoms with Crippen LogP contribution < -0.4 is 14.8 Å². The third kappa shape index (κ3) is 3.22. The van der Waals surface area contributed by atoms with Gasteiger partial charge in [0.2, 0.25) is 0 Å². The second-order valence-corrected chi connectivity index (χ2v) is 7.51. The zero-order valence-corrected chi connectivity index (χ0v) is 15.2. The van der Waals surface area contributed by atoms with Crippen LogP contribution in [-0.2, 0) is 0 Å². The maximum absolute atomic E-state index is 12.7. The molecule has 4 heterocycles. The monoisotopic (exact) mass is 344 g/mol. The lowest BCUT2D eigenvalue weighted by Crippen LogP contribution is -2.57. The van der Waals surface area contributed by atoms with Gasteiger partial charge in [-0.25, -0.2) is 0 Å². The van der Waals surface area contributed by atoms with Crippen molar-refractivity contribution >= 4 is 5.91 Å². The molecule has 0 aromatic heterocycles. The number of nitrogens with zero attached hydrogens (tertiary/aromatic N) is 1. The Hall–Kier alpha value is -1.75. The number of piperidine rings is 3. The topological polar surface area (TPSA) is 50.8 Å². The number of ether oxygens (including phenoxy) is 2. The van der Waals surface area contributed by atoms with Crippen molar-refractivity contribution < 1.29 is 14.3 Å². The molecule has 1 aromatic carbocycles. The Bertz CT molecular complexity index is 640. The Kier molecular flexibility index (Phi) is 4.59. The molecule has 3 saturated heterocycles. The van der Waals surface area contributed by atoms with Crippen molar-refractivity contribution in [3.63, 3.8) is 0 Å². The van der Waals surface area contributed by atoms with Crippen LogP contribution in [0.4, 0.5) is 0 Å². The van der Waals surface area contributed by atoms with Gasteiger partial charge in [0, 0.05) is 18.2 Å². The molecule has 0 spiro atoms. The molecule has 4 aliphatic rings. The summed E-state index contributed by atoms with van der Waals surface area (Å²) in [6.45, 7) is 7.55. The third-order valence-electron chi connectivity index (χ3n) is 5.95. The van der Waals surface area contributed by atoms with Crippen LogP contribution in [0.5, 0.6) is 11.5 Å². The van der Waals surface area contributed by atoms with Crippen LogP contribution >= 0.6 is 0 Å². The van der Waals surface area contributed by atoms with Crippen LogP contribution in [0.1, 0.15) is 49.9 Å². The summed E-state index contributed by atoms with van der Waals surface area (Å²) in [5.74, 6) is 2.06. The first kappa shape index (κ1) is 16.7. The maximum Gasteiger partial charge on any atom is 0.251 e. The van der Waals surface area contributed by atoms with Crippen LogP contribution in [0, 0.1) is 5.92 Å². The second kappa shape index (κ2) is 6.87. The molecule has 25 heavy (non-hydrogen) atoms. The van der Waals surface area contributed by atoms with E-state index in [1.165, 1.54) is 25.9 Å². The number of rotatable bonds is 4. The van der Waals surface area contributed by atoms with Crippen molar-refractivity contribution in [2.45, 2.75) is 57.8 Å². The zero-order valence-electron chi connectivity index (χ0n) is 15.2. The minimum atomic E-state index is -0.00388. The normalized spacial score (nSPS) is 33.1. The predicted molar refractivity (Wildman–Crippen MR) is 96.3 cm³/mol. The minimum absolute atomic E-state index is 0.00388. The van der Waals surface area contributed by atoms with E-state index in [0.717, 1.165) is 25.1 Å². The predicted octanol–water partition coefficient (Wildman–Crippen LogP) is 2.84. The molecule has 0 unspecified atom stereocenters. The standard InChI is InChI=1S/C20H28N2O3/c1-3-16-17(4-2)25-19-11-14(5-6-18(19)24-16)20(23)21-15-12-22-9-7-13(15)8-10-22/h5-6,11,13,15-17H,3-4,7-10,12H2,1-2H3,(H,21,23)/t15-,16-,17-/m0/s1. The number of hydrogen-bond acceptors (Lipinski definition) is 4. The molecule has 1 aromatic rings. The lowest BCUT2D eigenvalue weighted by Gasteiger charge is -2.44. The van der Waals surface area contributed by atoms with E-state index in [4.69, 9.17) is 9.47 Å². The summed E-state index contributed by atoms with van der Waals surface area (Å²) < 4.78 is 12.1. The van der Waals surface area contributed by atoms with Gasteiger partial charge in [-0.2, -0.15) is 0 Å². The molecular formula is C20H28N2O3. The fourth-order valence-corrected chi connectivity index (χ4v) is 4.39. The van der Waals surface area contributed by atoms with Crippen LogP contribution in [0.3, 0.4) is 0 Å². The summed E-state index contributed by atoms with van der Waals surface area (Å²) >= 11 is 0. The molecule has 3 fully saturated rings. The highest BCUT2D eigenvalue weighted by Gasteiger charge is 2.35. The van der Waals surface area contributed by atoms with Gasteiger partial charge in [-0.05, 0) is 62.9 Å². The van der Waals surface area contributed by atoms with E-state index in [0.29, 0.717) is 17.2 Å². The Morgan fingerprint density at radius 1 is 1.12 bits per heavy atom.